The summed E-state index contributed by atoms with van der Waals surface area (Å²) in [6.45, 7) is 10.0. The Morgan fingerprint density at radius 2 is 1.86 bits per heavy atom. The van der Waals surface area contributed by atoms with E-state index in [1.807, 2.05) is 31.2 Å². The van der Waals surface area contributed by atoms with Crippen LogP contribution in [-0.2, 0) is 0 Å². The van der Waals surface area contributed by atoms with E-state index in [1.54, 1.807) is 18.5 Å². The lowest BCUT2D eigenvalue weighted by Gasteiger charge is -2.39. The highest BCUT2D eigenvalue weighted by atomic mass is 35.5. The molecule has 1 aliphatic heterocycles. The van der Waals surface area contributed by atoms with Crippen molar-refractivity contribution in [2.45, 2.75) is 58.9 Å². The fraction of sp³-hybridized carbons (Fsp3) is 0.414. The summed E-state index contributed by atoms with van der Waals surface area (Å²) in [5, 5.41) is 14.4. The van der Waals surface area contributed by atoms with Gasteiger partial charge in [-0.3, -0.25) is 0 Å². The van der Waals surface area contributed by atoms with Crippen LogP contribution in [0.5, 0.6) is 0 Å². The maximum absolute atomic E-state index is 9.91. The number of aromatic nitrogens is 2. The smallest absolute Gasteiger partial charge is 0.159 e. The number of anilines is 4. The number of nitrogen functional groups attached to an aromatic ring is 1. The van der Waals surface area contributed by atoms with Gasteiger partial charge in [0, 0.05) is 28.3 Å². The van der Waals surface area contributed by atoms with E-state index in [4.69, 9.17) is 28.9 Å². The average molecular weight is 536 g/mol. The maximum atomic E-state index is 9.91. The molecule has 2 aliphatic rings. The Labute approximate surface area is 228 Å². The van der Waals surface area contributed by atoms with Crippen molar-refractivity contribution in [3.05, 3.63) is 69.5 Å². The zero-order chi connectivity index (χ0) is 26.5. The number of benzene rings is 2. The van der Waals surface area contributed by atoms with Crippen LogP contribution in [0.1, 0.15) is 62.6 Å². The minimum Gasteiger partial charge on any atom is -0.393 e. The van der Waals surface area contributed by atoms with Gasteiger partial charge in [0.1, 0.15) is 12.0 Å². The number of nitrogens with one attached hydrogen (secondary N) is 1. The van der Waals surface area contributed by atoms with E-state index in [9.17, 15) is 5.26 Å². The number of nitriles is 1. The van der Waals surface area contributed by atoms with Gasteiger partial charge in [-0.2, -0.15) is 5.26 Å². The van der Waals surface area contributed by atoms with Gasteiger partial charge in [-0.15, -0.1) is 0 Å². The van der Waals surface area contributed by atoms with E-state index >= 15 is 0 Å². The van der Waals surface area contributed by atoms with Gasteiger partial charge in [-0.25, -0.2) is 9.97 Å². The number of hydrogen-bond acceptors (Lipinski definition) is 6. The van der Waals surface area contributed by atoms with E-state index in [0.717, 1.165) is 47.6 Å². The Hall–Kier alpha value is -3.01. The Balaban J connectivity index is 1.43. The Bertz CT molecular complexity index is 1380. The molecular formula is C29H32Cl2N6. The molecule has 1 aromatic heterocycles. The van der Waals surface area contributed by atoms with Gasteiger partial charge >= 0.3 is 0 Å². The van der Waals surface area contributed by atoms with Crippen LogP contribution < -0.4 is 16.0 Å². The van der Waals surface area contributed by atoms with Gasteiger partial charge < -0.3 is 16.0 Å². The van der Waals surface area contributed by atoms with Crippen LogP contribution in [0, 0.1) is 29.1 Å². The van der Waals surface area contributed by atoms with Crippen LogP contribution in [0.15, 0.2) is 42.7 Å². The van der Waals surface area contributed by atoms with E-state index in [0.29, 0.717) is 33.0 Å². The summed E-state index contributed by atoms with van der Waals surface area (Å²) in [5.74, 6) is 0.835. The largest absolute Gasteiger partial charge is 0.393 e. The fourth-order valence-electron chi connectivity index (χ4n) is 6.59. The molecule has 5 rings (SSSR count). The molecule has 0 amide bonds. The van der Waals surface area contributed by atoms with Crippen LogP contribution in [0.25, 0.3) is 0 Å². The third kappa shape index (κ3) is 4.95. The summed E-state index contributed by atoms with van der Waals surface area (Å²) in [6, 6.07) is 13.8. The zero-order valence-corrected chi connectivity index (χ0v) is 23.2. The highest BCUT2D eigenvalue weighted by Crippen LogP contribution is 2.54. The number of aryl methyl sites for hydroxylation is 1. The molecule has 8 heteroatoms. The topological polar surface area (TPSA) is 90.9 Å². The number of hydrogen-bond donors (Lipinski definition) is 2. The Kier molecular flexibility index (Phi) is 6.50. The SMILES string of the molecule is Cc1cc(C(C#N)c2ccc(Cl)cc2)c(Cl)cc1Nc1ncnc(N2CC3(C)CC2CC(C)(C)C3)c1N. The predicted molar refractivity (Wildman–Crippen MR) is 152 cm³/mol. The molecule has 2 aromatic carbocycles. The molecule has 1 saturated carbocycles. The first kappa shape index (κ1) is 25.6. The third-order valence-electron chi connectivity index (χ3n) is 7.79. The fourth-order valence-corrected chi connectivity index (χ4v) is 6.99. The van der Waals surface area contributed by atoms with Crippen molar-refractivity contribution >= 4 is 46.2 Å². The lowest BCUT2D eigenvalue weighted by Crippen LogP contribution is -2.35. The zero-order valence-electron chi connectivity index (χ0n) is 21.6. The molecule has 2 bridgehead atoms. The quantitative estimate of drug-likeness (QED) is 0.352. The number of rotatable bonds is 5. The highest BCUT2D eigenvalue weighted by molar-refractivity contribution is 6.32. The minimum atomic E-state index is -0.506. The minimum absolute atomic E-state index is 0.263. The van der Waals surface area contributed by atoms with E-state index < -0.39 is 5.92 Å². The van der Waals surface area contributed by atoms with Crippen LogP contribution in [0.3, 0.4) is 0 Å². The van der Waals surface area contributed by atoms with Gasteiger partial charge in [-0.05, 0) is 71.9 Å². The summed E-state index contributed by atoms with van der Waals surface area (Å²) in [5.41, 5.74) is 11.1. The molecule has 3 N–H and O–H groups in total. The first-order valence-corrected chi connectivity index (χ1v) is 13.3. The predicted octanol–water partition coefficient (Wildman–Crippen LogP) is 7.48. The molecule has 2 heterocycles. The van der Waals surface area contributed by atoms with Crippen LogP contribution in [0.4, 0.5) is 23.0 Å². The van der Waals surface area contributed by atoms with Gasteiger partial charge in [0.15, 0.2) is 11.6 Å². The summed E-state index contributed by atoms with van der Waals surface area (Å²) in [7, 11) is 0. The number of nitrogens with zero attached hydrogens (tertiary/aromatic N) is 4. The second kappa shape index (κ2) is 9.38. The molecule has 192 valence electrons. The lowest BCUT2D eigenvalue weighted by molar-refractivity contribution is 0.136. The molecule has 37 heavy (non-hydrogen) atoms. The first-order valence-electron chi connectivity index (χ1n) is 12.6. The molecule has 2 fully saturated rings. The molecule has 1 aliphatic carbocycles. The molecule has 3 aromatic rings. The standard InChI is InChI=1S/C29H32Cl2N6/c1-17-9-21(22(13-32)18-5-7-19(30)8-6-18)23(31)10-24(17)36-26-25(33)27(35-16-34-26)37-15-29(4)12-20(37)11-28(2,3)14-29/h5-10,16,20,22H,11-12,14-15,33H2,1-4H3,(H,34,35,36). The van der Waals surface area contributed by atoms with Crippen LogP contribution in [0.2, 0.25) is 10.0 Å². The summed E-state index contributed by atoms with van der Waals surface area (Å²) >= 11 is 12.7. The molecule has 3 atom stereocenters. The van der Waals surface area contributed by atoms with Gasteiger partial charge in [0.05, 0.1) is 12.0 Å². The lowest BCUT2D eigenvalue weighted by atomic mass is 9.65. The van der Waals surface area contributed by atoms with Crippen molar-refractivity contribution in [1.29, 1.82) is 5.26 Å². The van der Waals surface area contributed by atoms with Crippen LogP contribution in [-0.4, -0.2) is 22.6 Å². The van der Waals surface area contributed by atoms with Crippen molar-refractivity contribution in [3.8, 4) is 6.07 Å². The molecule has 0 radical (unpaired) electrons. The van der Waals surface area contributed by atoms with Crippen molar-refractivity contribution in [2.75, 3.05) is 22.5 Å². The van der Waals surface area contributed by atoms with Gasteiger partial charge in [0.2, 0.25) is 0 Å². The van der Waals surface area contributed by atoms with Crippen molar-refractivity contribution in [2.24, 2.45) is 10.8 Å². The average Bonchev–Trinajstić information content (AvgIpc) is 3.08. The number of fused-ring (bicyclic) bond motifs is 2. The van der Waals surface area contributed by atoms with Crippen LogP contribution >= 0.6 is 23.2 Å². The summed E-state index contributed by atoms with van der Waals surface area (Å²) < 4.78 is 0. The Morgan fingerprint density at radius 1 is 1.14 bits per heavy atom. The van der Waals surface area contributed by atoms with Gasteiger partial charge in [0.25, 0.3) is 0 Å². The van der Waals surface area contributed by atoms with E-state index in [2.05, 4.69) is 47.0 Å². The second-order valence-electron chi connectivity index (χ2n) is 11.7. The second-order valence-corrected chi connectivity index (χ2v) is 12.6. The molecule has 6 nitrogen and oxygen atoms in total. The summed E-state index contributed by atoms with van der Waals surface area (Å²) in [6.07, 6.45) is 5.05. The third-order valence-corrected chi connectivity index (χ3v) is 8.37. The maximum Gasteiger partial charge on any atom is 0.159 e. The van der Waals surface area contributed by atoms with E-state index in [1.165, 1.54) is 6.42 Å². The monoisotopic (exact) mass is 534 g/mol. The van der Waals surface area contributed by atoms with Crippen molar-refractivity contribution in [3.63, 3.8) is 0 Å². The number of halogens is 2. The molecule has 1 saturated heterocycles. The van der Waals surface area contributed by atoms with Crippen molar-refractivity contribution < 1.29 is 0 Å². The summed E-state index contributed by atoms with van der Waals surface area (Å²) in [4.78, 5) is 11.4. The Morgan fingerprint density at radius 3 is 2.57 bits per heavy atom. The van der Waals surface area contributed by atoms with Crippen molar-refractivity contribution in [1.82, 2.24) is 9.97 Å². The normalized spacial score (nSPS) is 22.9. The highest BCUT2D eigenvalue weighted by Gasteiger charge is 2.50. The first-order chi connectivity index (χ1) is 17.5. The molecule has 3 unspecified atom stereocenters. The molecular weight excluding hydrogens is 503 g/mol. The van der Waals surface area contributed by atoms with E-state index in [-0.39, 0.29) is 5.41 Å². The number of nitrogens with two attached hydrogens (primary N) is 1. The molecule has 0 spiro atoms. The van der Waals surface area contributed by atoms with Gasteiger partial charge in [-0.1, -0.05) is 62.2 Å².